The number of nitrogens with one attached hydrogen (secondary N) is 1. The first-order chi connectivity index (χ1) is 9.20. The minimum atomic E-state index is -0.211. The lowest BCUT2D eigenvalue weighted by molar-refractivity contribution is -0.120. The van der Waals surface area contributed by atoms with Crippen LogP contribution in [0.1, 0.15) is 26.2 Å². The van der Waals surface area contributed by atoms with Gasteiger partial charge in [-0.25, -0.2) is 0 Å². The summed E-state index contributed by atoms with van der Waals surface area (Å²) in [5.41, 5.74) is 0.798. The maximum absolute atomic E-state index is 12.3. The molecule has 1 saturated carbocycles. The van der Waals surface area contributed by atoms with Crippen LogP contribution < -0.4 is 5.32 Å². The Morgan fingerprint density at radius 1 is 1.37 bits per heavy atom. The fourth-order valence-corrected chi connectivity index (χ4v) is 2.56. The monoisotopic (exact) mass is 257 g/mol. The van der Waals surface area contributed by atoms with Crippen LogP contribution in [0.4, 0.5) is 5.69 Å². The quantitative estimate of drug-likeness (QED) is 0.842. The van der Waals surface area contributed by atoms with Gasteiger partial charge in [-0.15, -0.1) is 0 Å². The van der Waals surface area contributed by atoms with Gasteiger partial charge >= 0.3 is 0 Å². The Bertz CT molecular complexity index is 479. The number of rotatable bonds is 4. The van der Waals surface area contributed by atoms with Crippen molar-refractivity contribution < 1.29 is 9.59 Å². The van der Waals surface area contributed by atoms with Crippen molar-refractivity contribution in [3.05, 3.63) is 42.5 Å². The molecule has 100 valence electrons. The summed E-state index contributed by atoms with van der Waals surface area (Å²) < 4.78 is 0. The smallest absolute Gasteiger partial charge is 0.231 e. The van der Waals surface area contributed by atoms with Gasteiger partial charge in [-0.3, -0.25) is 9.59 Å². The second kappa shape index (κ2) is 6.32. The Kier molecular flexibility index (Phi) is 4.50. The van der Waals surface area contributed by atoms with E-state index in [2.05, 4.69) is 5.32 Å². The van der Waals surface area contributed by atoms with Gasteiger partial charge in [0.2, 0.25) is 5.91 Å². The summed E-state index contributed by atoms with van der Waals surface area (Å²) in [7, 11) is 0. The van der Waals surface area contributed by atoms with E-state index in [9.17, 15) is 9.59 Å². The molecule has 2 atom stereocenters. The van der Waals surface area contributed by atoms with Gasteiger partial charge in [0.25, 0.3) is 0 Å². The van der Waals surface area contributed by atoms with Crippen LogP contribution in [0, 0.1) is 11.8 Å². The highest BCUT2D eigenvalue weighted by atomic mass is 16.2. The first kappa shape index (κ1) is 13.5. The molecule has 3 nitrogen and oxygen atoms in total. The molecule has 2 rings (SSSR count). The summed E-state index contributed by atoms with van der Waals surface area (Å²) in [5, 5.41) is 2.92. The largest absolute Gasteiger partial charge is 0.326 e. The highest BCUT2D eigenvalue weighted by Gasteiger charge is 2.32. The van der Waals surface area contributed by atoms with E-state index >= 15 is 0 Å². The van der Waals surface area contributed by atoms with Crippen molar-refractivity contribution in [1.29, 1.82) is 0 Å². The zero-order valence-electron chi connectivity index (χ0n) is 11.1. The van der Waals surface area contributed by atoms with Crippen molar-refractivity contribution in [2.45, 2.75) is 26.2 Å². The van der Waals surface area contributed by atoms with Crippen molar-refractivity contribution in [3.63, 3.8) is 0 Å². The molecule has 19 heavy (non-hydrogen) atoms. The van der Waals surface area contributed by atoms with E-state index in [-0.39, 0.29) is 23.5 Å². The molecule has 0 radical (unpaired) electrons. The Balaban J connectivity index is 2.06. The third-order valence-electron chi connectivity index (χ3n) is 3.54. The molecule has 0 spiro atoms. The average Bonchev–Trinajstić information content (AvgIpc) is 2.83. The van der Waals surface area contributed by atoms with Crippen molar-refractivity contribution >= 4 is 17.4 Å². The SMILES string of the molecule is C/C=C/C(C(=O)Nc1ccccc1)C1CCC(=O)C1. The number of ketones is 1. The first-order valence-corrected chi connectivity index (χ1v) is 6.71. The minimum Gasteiger partial charge on any atom is -0.326 e. The summed E-state index contributed by atoms with van der Waals surface area (Å²) in [6, 6.07) is 9.42. The number of hydrogen-bond donors (Lipinski definition) is 1. The van der Waals surface area contributed by atoms with Crippen LogP contribution in [0.3, 0.4) is 0 Å². The molecule has 3 heteroatoms. The highest BCUT2D eigenvalue weighted by molar-refractivity contribution is 5.94. The summed E-state index contributed by atoms with van der Waals surface area (Å²) in [6.45, 7) is 1.90. The van der Waals surface area contributed by atoms with Crippen LogP contribution in [-0.2, 0) is 9.59 Å². The van der Waals surface area contributed by atoms with E-state index in [0.717, 1.165) is 12.1 Å². The lowest BCUT2D eigenvalue weighted by atomic mass is 9.89. The van der Waals surface area contributed by atoms with Crippen LogP contribution >= 0.6 is 0 Å². The topological polar surface area (TPSA) is 46.2 Å². The molecule has 0 bridgehead atoms. The maximum Gasteiger partial charge on any atom is 0.231 e. The van der Waals surface area contributed by atoms with Gasteiger partial charge in [0, 0.05) is 18.5 Å². The number of anilines is 1. The van der Waals surface area contributed by atoms with Gasteiger partial charge in [-0.2, -0.15) is 0 Å². The number of para-hydroxylation sites is 1. The van der Waals surface area contributed by atoms with Gasteiger partial charge in [0.15, 0.2) is 0 Å². The van der Waals surface area contributed by atoms with Crippen LogP contribution in [0.15, 0.2) is 42.5 Å². The summed E-state index contributed by atoms with van der Waals surface area (Å²) in [4.78, 5) is 23.7. The van der Waals surface area contributed by atoms with E-state index in [0.29, 0.717) is 12.8 Å². The molecule has 1 aliphatic carbocycles. The predicted molar refractivity (Wildman–Crippen MR) is 75.7 cm³/mol. The van der Waals surface area contributed by atoms with E-state index < -0.39 is 0 Å². The molecule has 1 aliphatic rings. The van der Waals surface area contributed by atoms with E-state index in [1.807, 2.05) is 49.4 Å². The van der Waals surface area contributed by atoms with Crippen LogP contribution in [0.5, 0.6) is 0 Å². The van der Waals surface area contributed by atoms with Gasteiger partial charge in [-0.1, -0.05) is 30.4 Å². The molecule has 1 aromatic carbocycles. The summed E-state index contributed by atoms with van der Waals surface area (Å²) in [6.07, 6.45) is 5.74. The number of Topliss-reactive ketones (excluding diaryl/α,β-unsaturated/α-hetero) is 1. The van der Waals surface area contributed by atoms with Crippen molar-refractivity contribution in [2.75, 3.05) is 5.32 Å². The normalized spacial score (nSPS) is 20.7. The number of carbonyl (C=O) groups excluding carboxylic acids is 2. The second-order valence-corrected chi connectivity index (χ2v) is 4.95. The third-order valence-corrected chi connectivity index (χ3v) is 3.54. The number of carbonyl (C=O) groups is 2. The van der Waals surface area contributed by atoms with E-state index in [4.69, 9.17) is 0 Å². The van der Waals surface area contributed by atoms with Crippen molar-refractivity contribution in [3.8, 4) is 0 Å². The molecule has 0 aromatic heterocycles. The Morgan fingerprint density at radius 3 is 2.68 bits per heavy atom. The van der Waals surface area contributed by atoms with Gasteiger partial charge in [-0.05, 0) is 31.4 Å². The van der Waals surface area contributed by atoms with Crippen LogP contribution in [-0.4, -0.2) is 11.7 Å². The molecule has 1 amide bonds. The predicted octanol–water partition coefficient (Wildman–Crippen LogP) is 3.19. The Labute approximate surface area is 113 Å². The van der Waals surface area contributed by atoms with Gasteiger partial charge in [0.05, 0.1) is 5.92 Å². The molecule has 1 aromatic rings. The molecular weight excluding hydrogens is 238 g/mol. The maximum atomic E-state index is 12.3. The fourth-order valence-electron chi connectivity index (χ4n) is 2.56. The summed E-state index contributed by atoms with van der Waals surface area (Å²) in [5.74, 6) is 0.181. The number of allylic oxidation sites excluding steroid dienone is 1. The average molecular weight is 257 g/mol. The standard InChI is InChI=1S/C16H19NO2/c1-2-6-15(12-9-10-14(18)11-12)16(19)17-13-7-4-3-5-8-13/h2-8,12,15H,9-11H2,1H3,(H,17,19)/b6-2+. The lowest BCUT2D eigenvalue weighted by Crippen LogP contribution is -2.27. The Hall–Kier alpha value is -1.90. The van der Waals surface area contributed by atoms with Crippen LogP contribution in [0.25, 0.3) is 0 Å². The number of benzene rings is 1. The zero-order chi connectivity index (χ0) is 13.7. The third kappa shape index (κ3) is 3.53. The molecule has 1 fully saturated rings. The second-order valence-electron chi connectivity index (χ2n) is 4.95. The lowest BCUT2D eigenvalue weighted by Gasteiger charge is -2.18. The molecule has 1 N–H and O–H groups in total. The first-order valence-electron chi connectivity index (χ1n) is 6.71. The Morgan fingerprint density at radius 2 is 2.11 bits per heavy atom. The summed E-state index contributed by atoms with van der Waals surface area (Å²) >= 11 is 0. The molecule has 0 heterocycles. The van der Waals surface area contributed by atoms with Gasteiger partial charge in [0.1, 0.15) is 5.78 Å². The molecule has 0 aliphatic heterocycles. The minimum absolute atomic E-state index is 0.0241. The van der Waals surface area contributed by atoms with Crippen molar-refractivity contribution in [1.82, 2.24) is 0 Å². The molecule has 0 saturated heterocycles. The molecular formula is C16H19NO2. The van der Waals surface area contributed by atoms with E-state index in [1.54, 1.807) is 0 Å². The van der Waals surface area contributed by atoms with E-state index in [1.165, 1.54) is 0 Å². The number of amides is 1. The van der Waals surface area contributed by atoms with Gasteiger partial charge < -0.3 is 5.32 Å². The zero-order valence-corrected chi connectivity index (χ0v) is 11.1. The van der Waals surface area contributed by atoms with Crippen LogP contribution in [0.2, 0.25) is 0 Å². The molecule has 2 unspecified atom stereocenters. The van der Waals surface area contributed by atoms with Crippen molar-refractivity contribution in [2.24, 2.45) is 11.8 Å². The number of hydrogen-bond acceptors (Lipinski definition) is 2. The fraction of sp³-hybridized carbons (Fsp3) is 0.375. The highest BCUT2D eigenvalue weighted by Crippen LogP contribution is 2.31.